The number of benzene rings is 1. The monoisotopic (exact) mass is 284 g/mol. The standard InChI is InChI=1S/C15H16N4O2/c1-18-7-8-19(13-6-4-3-5-12(13)18)14-10-16-9-11(17-14)15(20)21-2/h3-6,9-10H,7-8H2,1-2H3. The zero-order valence-corrected chi connectivity index (χ0v) is 12.0. The van der Waals surface area contributed by atoms with Crippen molar-refractivity contribution in [2.24, 2.45) is 0 Å². The van der Waals surface area contributed by atoms with Gasteiger partial charge in [0.05, 0.1) is 30.9 Å². The molecule has 2 heterocycles. The molecule has 1 aliphatic rings. The number of hydrogen-bond acceptors (Lipinski definition) is 6. The highest BCUT2D eigenvalue weighted by Crippen LogP contribution is 2.35. The molecule has 3 rings (SSSR count). The van der Waals surface area contributed by atoms with Gasteiger partial charge < -0.3 is 14.5 Å². The topological polar surface area (TPSA) is 58.6 Å². The van der Waals surface area contributed by atoms with Crippen LogP contribution in [0.15, 0.2) is 36.7 Å². The summed E-state index contributed by atoms with van der Waals surface area (Å²) >= 11 is 0. The van der Waals surface area contributed by atoms with Gasteiger partial charge in [-0.3, -0.25) is 4.98 Å². The first-order valence-electron chi connectivity index (χ1n) is 6.69. The first-order valence-corrected chi connectivity index (χ1v) is 6.69. The Bertz CT molecular complexity index is 674. The number of nitrogens with zero attached hydrogens (tertiary/aromatic N) is 4. The summed E-state index contributed by atoms with van der Waals surface area (Å²) in [4.78, 5) is 24.3. The maximum Gasteiger partial charge on any atom is 0.358 e. The number of hydrogen-bond donors (Lipinski definition) is 0. The van der Waals surface area contributed by atoms with Gasteiger partial charge >= 0.3 is 5.97 Å². The zero-order chi connectivity index (χ0) is 14.8. The zero-order valence-electron chi connectivity index (χ0n) is 12.0. The van der Waals surface area contributed by atoms with Gasteiger partial charge in [0.15, 0.2) is 11.5 Å². The van der Waals surface area contributed by atoms with E-state index in [0.717, 1.165) is 24.5 Å². The summed E-state index contributed by atoms with van der Waals surface area (Å²) in [6.07, 6.45) is 3.08. The summed E-state index contributed by atoms with van der Waals surface area (Å²) in [5.41, 5.74) is 2.41. The van der Waals surface area contributed by atoms with Gasteiger partial charge in [0, 0.05) is 20.1 Å². The predicted molar refractivity (Wildman–Crippen MR) is 80.1 cm³/mol. The highest BCUT2D eigenvalue weighted by molar-refractivity contribution is 5.87. The Morgan fingerprint density at radius 2 is 1.95 bits per heavy atom. The molecule has 0 N–H and O–H groups in total. The smallest absolute Gasteiger partial charge is 0.358 e. The van der Waals surface area contributed by atoms with Crippen molar-refractivity contribution in [3.05, 3.63) is 42.4 Å². The number of fused-ring (bicyclic) bond motifs is 1. The van der Waals surface area contributed by atoms with Crippen LogP contribution >= 0.6 is 0 Å². The van der Waals surface area contributed by atoms with E-state index in [0.29, 0.717) is 5.82 Å². The Morgan fingerprint density at radius 1 is 1.19 bits per heavy atom. The number of likely N-dealkylation sites (N-methyl/N-ethyl adjacent to an activating group) is 1. The Kier molecular flexibility index (Phi) is 3.43. The van der Waals surface area contributed by atoms with Crippen molar-refractivity contribution in [2.45, 2.75) is 0 Å². The predicted octanol–water partition coefficient (Wildman–Crippen LogP) is 1.85. The summed E-state index contributed by atoms with van der Waals surface area (Å²) in [6.45, 7) is 1.66. The van der Waals surface area contributed by atoms with Crippen molar-refractivity contribution in [1.82, 2.24) is 9.97 Å². The minimum absolute atomic E-state index is 0.214. The van der Waals surface area contributed by atoms with Crippen LogP contribution in [0.3, 0.4) is 0 Å². The van der Waals surface area contributed by atoms with Crippen molar-refractivity contribution >= 4 is 23.2 Å². The van der Waals surface area contributed by atoms with Crippen LogP contribution in [0.25, 0.3) is 0 Å². The van der Waals surface area contributed by atoms with E-state index >= 15 is 0 Å². The highest BCUT2D eigenvalue weighted by atomic mass is 16.5. The van der Waals surface area contributed by atoms with Crippen LogP contribution in [0.2, 0.25) is 0 Å². The Morgan fingerprint density at radius 3 is 2.71 bits per heavy atom. The van der Waals surface area contributed by atoms with Crippen molar-refractivity contribution in [3.63, 3.8) is 0 Å². The molecule has 1 aliphatic heterocycles. The summed E-state index contributed by atoms with van der Waals surface area (Å²) in [5, 5.41) is 0. The third-order valence-corrected chi connectivity index (χ3v) is 3.54. The van der Waals surface area contributed by atoms with Crippen molar-refractivity contribution in [2.75, 3.05) is 37.0 Å². The fourth-order valence-corrected chi connectivity index (χ4v) is 2.43. The molecule has 1 aromatic heterocycles. The number of aromatic nitrogens is 2. The van der Waals surface area contributed by atoms with Gasteiger partial charge in [0.25, 0.3) is 0 Å². The average Bonchev–Trinajstić information content (AvgIpc) is 2.55. The van der Waals surface area contributed by atoms with E-state index in [9.17, 15) is 4.79 Å². The fourth-order valence-electron chi connectivity index (χ4n) is 2.43. The normalized spacial score (nSPS) is 13.8. The minimum atomic E-state index is -0.480. The van der Waals surface area contributed by atoms with Gasteiger partial charge in [-0.2, -0.15) is 0 Å². The van der Waals surface area contributed by atoms with Gasteiger partial charge in [-0.15, -0.1) is 0 Å². The largest absolute Gasteiger partial charge is 0.464 e. The Balaban J connectivity index is 2.02. The van der Waals surface area contributed by atoms with Crippen LogP contribution in [-0.4, -0.2) is 43.2 Å². The number of methoxy groups -OCH3 is 1. The molecule has 21 heavy (non-hydrogen) atoms. The molecule has 6 nitrogen and oxygen atoms in total. The molecule has 0 radical (unpaired) electrons. The lowest BCUT2D eigenvalue weighted by Gasteiger charge is -2.36. The van der Waals surface area contributed by atoms with Crippen LogP contribution in [-0.2, 0) is 4.74 Å². The minimum Gasteiger partial charge on any atom is -0.464 e. The average molecular weight is 284 g/mol. The molecular weight excluding hydrogens is 268 g/mol. The van der Waals surface area contributed by atoms with Gasteiger partial charge in [-0.25, -0.2) is 9.78 Å². The molecule has 0 amide bonds. The van der Waals surface area contributed by atoms with E-state index in [1.807, 2.05) is 18.2 Å². The molecule has 0 saturated carbocycles. The van der Waals surface area contributed by atoms with E-state index in [-0.39, 0.29) is 5.69 Å². The van der Waals surface area contributed by atoms with Crippen molar-refractivity contribution in [3.8, 4) is 0 Å². The van der Waals surface area contributed by atoms with Crippen LogP contribution in [0.5, 0.6) is 0 Å². The lowest BCUT2D eigenvalue weighted by molar-refractivity contribution is 0.0593. The van der Waals surface area contributed by atoms with Gasteiger partial charge in [0.1, 0.15) is 0 Å². The van der Waals surface area contributed by atoms with Gasteiger partial charge in [-0.05, 0) is 12.1 Å². The number of carbonyl (C=O) groups is 1. The van der Waals surface area contributed by atoms with E-state index in [4.69, 9.17) is 4.74 Å². The number of para-hydroxylation sites is 2. The lowest BCUT2D eigenvalue weighted by Crippen LogP contribution is -2.37. The molecule has 0 unspecified atom stereocenters. The van der Waals surface area contributed by atoms with Crippen molar-refractivity contribution < 1.29 is 9.53 Å². The van der Waals surface area contributed by atoms with Crippen LogP contribution in [0, 0.1) is 0 Å². The summed E-state index contributed by atoms with van der Waals surface area (Å²) in [5.74, 6) is 0.171. The Labute approximate surface area is 123 Å². The molecule has 0 aliphatic carbocycles. The second kappa shape index (κ2) is 5.40. The number of carbonyl (C=O) groups excluding carboxylic acids is 1. The third kappa shape index (κ3) is 2.40. The second-order valence-corrected chi connectivity index (χ2v) is 4.82. The molecule has 1 aromatic carbocycles. The van der Waals surface area contributed by atoms with Crippen LogP contribution in [0.1, 0.15) is 10.5 Å². The number of rotatable bonds is 2. The molecule has 0 saturated heterocycles. The molecule has 0 atom stereocenters. The number of anilines is 3. The van der Waals surface area contributed by atoms with E-state index in [1.165, 1.54) is 13.3 Å². The van der Waals surface area contributed by atoms with E-state index in [1.54, 1.807) is 6.20 Å². The van der Waals surface area contributed by atoms with Crippen LogP contribution in [0.4, 0.5) is 17.2 Å². The van der Waals surface area contributed by atoms with E-state index < -0.39 is 5.97 Å². The summed E-state index contributed by atoms with van der Waals surface area (Å²) in [6, 6.07) is 8.11. The van der Waals surface area contributed by atoms with Crippen molar-refractivity contribution in [1.29, 1.82) is 0 Å². The first-order chi connectivity index (χ1) is 10.2. The highest BCUT2D eigenvalue weighted by Gasteiger charge is 2.22. The fraction of sp³-hybridized carbons (Fsp3) is 0.267. The summed E-state index contributed by atoms with van der Waals surface area (Å²) in [7, 11) is 3.40. The van der Waals surface area contributed by atoms with Crippen LogP contribution < -0.4 is 9.80 Å². The molecular formula is C15H16N4O2. The molecule has 0 fully saturated rings. The SMILES string of the molecule is COC(=O)c1cncc(N2CCN(C)c3ccccc32)n1. The van der Waals surface area contributed by atoms with E-state index in [2.05, 4.69) is 32.9 Å². The molecule has 6 heteroatoms. The maximum absolute atomic E-state index is 11.6. The second-order valence-electron chi connectivity index (χ2n) is 4.82. The first kappa shape index (κ1) is 13.4. The quantitative estimate of drug-likeness (QED) is 0.784. The lowest BCUT2D eigenvalue weighted by atomic mass is 10.2. The van der Waals surface area contributed by atoms with Gasteiger partial charge in [0.2, 0.25) is 0 Å². The molecule has 2 aromatic rings. The summed E-state index contributed by atoms with van der Waals surface area (Å²) < 4.78 is 4.70. The maximum atomic E-state index is 11.6. The third-order valence-electron chi connectivity index (χ3n) is 3.54. The molecule has 0 bridgehead atoms. The molecule has 0 spiro atoms. The Hall–Kier alpha value is -2.63. The number of ether oxygens (including phenoxy) is 1. The van der Waals surface area contributed by atoms with Gasteiger partial charge in [-0.1, -0.05) is 12.1 Å². The molecule has 108 valence electrons. The number of esters is 1.